The number of carboxylic acid groups (broad SMARTS) is 1. The van der Waals surface area contributed by atoms with Crippen LogP contribution >= 0.6 is 0 Å². The molecule has 0 fully saturated rings. The number of phenolic OH excluding ortho intramolecular Hbond substituents is 2. The molecule has 65 heavy (non-hydrogen) atoms. The SMILES string of the molecule is C/C(O)=C\C=C(/C)C1(c2ccc(O)cc2O)OC(=O)c2c(C(=O)NCCCCCNC(=O)CCC(NC(=O)c3ccc(NCc4cnc5nc(N)[nH]c(=O)c5n4)cc3)C(=O)O)cccc21. The highest BCUT2D eigenvalue weighted by atomic mass is 16.6. The van der Waals surface area contributed by atoms with Crippen LogP contribution in [-0.4, -0.2) is 89.2 Å². The number of phenols is 2. The number of carboxylic acids is 1. The molecule has 3 amide bonds. The van der Waals surface area contributed by atoms with Gasteiger partial charge in [0.25, 0.3) is 17.4 Å². The topological polar surface area (TPSA) is 321 Å². The number of cyclic esters (lactones) is 1. The Morgan fingerprint density at radius 3 is 2.34 bits per heavy atom. The summed E-state index contributed by atoms with van der Waals surface area (Å²) in [5.41, 5.74) is 5.64. The third-order valence-corrected chi connectivity index (χ3v) is 10.5. The zero-order valence-electron chi connectivity index (χ0n) is 35.3. The van der Waals surface area contributed by atoms with Crippen molar-refractivity contribution in [1.29, 1.82) is 0 Å². The monoisotopic (exact) mass is 889 g/mol. The number of H-pyrrole nitrogens is 1. The van der Waals surface area contributed by atoms with Crippen LogP contribution in [0.15, 0.2) is 95.1 Å². The number of amides is 3. The lowest BCUT2D eigenvalue weighted by Gasteiger charge is -2.31. The zero-order valence-corrected chi connectivity index (χ0v) is 35.3. The summed E-state index contributed by atoms with van der Waals surface area (Å²) in [5, 5.41) is 51.5. The number of aliphatic carboxylic acids is 1. The Balaban J connectivity index is 0.933. The lowest BCUT2D eigenvalue weighted by Crippen LogP contribution is -2.41. The van der Waals surface area contributed by atoms with E-state index >= 15 is 0 Å². The number of hydrogen-bond donors (Lipinski definition) is 10. The van der Waals surface area contributed by atoms with Gasteiger partial charge in [0.15, 0.2) is 16.8 Å². The minimum Gasteiger partial charge on any atom is -0.513 e. The fourth-order valence-corrected chi connectivity index (χ4v) is 7.19. The maximum absolute atomic E-state index is 13.5. The number of fused-ring (bicyclic) bond motifs is 2. The van der Waals surface area contributed by atoms with E-state index in [0.29, 0.717) is 41.8 Å². The number of nitrogen functional groups attached to an aromatic ring is 1. The molecule has 2 unspecified atom stereocenters. The molecule has 338 valence electrons. The number of anilines is 2. The molecule has 20 heteroatoms. The second kappa shape index (κ2) is 20.3. The number of carbonyl (C=O) groups is 5. The smallest absolute Gasteiger partial charge is 0.340 e. The number of aromatic hydroxyl groups is 2. The number of aromatic nitrogens is 4. The van der Waals surface area contributed by atoms with Gasteiger partial charge in [0.1, 0.15) is 17.5 Å². The van der Waals surface area contributed by atoms with Crippen LogP contribution in [-0.2, 0) is 26.5 Å². The summed E-state index contributed by atoms with van der Waals surface area (Å²) >= 11 is 0. The van der Waals surface area contributed by atoms with Crippen LogP contribution in [0.3, 0.4) is 0 Å². The average molecular weight is 890 g/mol. The summed E-state index contributed by atoms with van der Waals surface area (Å²) in [4.78, 5) is 91.1. The van der Waals surface area contributed by atoms with Gasteiger partial charge < -0.3 is 52.2 Å². The fourth-order valence-electron chi connectivity index (χ4n) is 7.19. The van der Waals surface area contributed by atoms with Crippen molar-refractivity contribution in [3.05, 3.63) is 134 Å². The van der Waals surface area contributed by atoms with Gasteiger partial charge in [0.2, 0.25) is 11.9 Å². The van der Waals surface area contributed by atoms with Crippen LogP contribution in [0.1, 0.15) is 93.8 Å². The number of esters is 1. The molecule has 0 bridgehead atoms. The Hall–Kier alpha value is -8.29. The summed E-state index contributed by atoms with van der Waals surface area (Å²) in [6.07, 6.45) is 5.75. The van der Waals surface area contributed by atoms with Crippen molar-refractivity contribution in [1.82, 2.24) is 35.9 Å². The van der Waals surface area contributed by atoms with Gasteiger partial charge in [-0.3, -0.25) is 24.2 Å². The second-order valence-corrected chi connectivity index (χ2v) is 15.1. The van der Waals surface area contributed by atoms with Gasteiger partial charge in [-0.25, -0.2) is 19.6 Å². The fraction of sp³-hybridized carbons (Fsp3) is 0.267. The number of carbonyl (C=O) groups excluding carboxylic acids is 4. The molecular formula is C45H47N9O11. The second-order valence-electron chi connectivity index (χ2n) is 15.1. The average Bonchev–Trinajstić information content (AvgIpc) is 3.58. The first-order valence-electron chi connectivity index (χ1n) is 20.4. The Kier molecular flexibility index (Phi) is 14.4. The van der Waals surface area contributed by atoms with Crippen molar-refractivity contribution in [2.75, 3.05) is 24.1 Å². The summed E-state index contributed by atoms with van der Waals surface area (Å²) in [6.45, 7) is 3.84. The lowest BCUT2D eigenvalue weighted by atomic mass is 9.78. The van der Waals surface area contributed by atoms with Crippen LogP contribution < -0.4 is 32.6 Å². The normalized spacial score (nSPS) is 15.1. The molecular weight excluding hydrogens is 843 g/mol. The third-order valence-electron chi connectivity index (χ3n) is 10.5. The quantitative estimate of drug-likeness (QED) is 0.0244. The Bertz CT molecular complexity index is 2770. The van der Waals surface area contributed by atoms with Crippen molar-refractivity contribution in [2.24, 2.45) is 0 Å². The van der Waals surface area contributed by atoms with E-state index in [9.17, 15) is 49.2 Å². The number of nitrogens with two attached hydrogens (primary N) is 1. The standard InChI is InChI=1S/C45H47N9O11/c1-24(9-10-25(2)55)45(31-16-15-29(56)21-34(31)57)32-8-6-7-30(36(32)43(64)65-45)40(60)48-20-5-3-4-19-47-35(58)18-17-33(42(62)63)52-39(59)26-11-13-27(14-12-26)49-22-28-23-50-38-37(51-28)41(61)54-44(46)53-38/h6-16,21,23,33,49,55-57H,3-5,17-20,22H2,1-2H3,(H,47,58)(H,48,60)(H,52,59)(H,62,63)(H3,46,50,53,54,61)/b24-9+,25-10+. The van der Waals surface area contributed by atoms with Gasteiger partial charge in [-0.2, -0.15) is 4.98 Å². The van der Waals surface area contributed by atoms with Gasteiger partial charge in [-0.1, -0.05) is 18.2 Å². The molecule has 1 aliphatic rings. The molecule has 0 radical (unpaired) electrons. The molecule has 1 aliphatic heterocycles. The number of benzene rings is 3. The molecule has 2 aromatic heterocycles. The largest absolute Gasteiger partial charge is 0.513 e. The number of aromatic amines is 1. The van der Waals surface area contributed by atoms with Crippen molar-refractivity contribution in [3.63, 3.8) is 0 Å². The highest BCUT2D eigenvalue weighted by Crippen LogP contribution is 2.51. The predicted molar refractivity (Wildman–Crippen MR) is 236 cm³/mol. The summed E-state index contributed by atoms with van der Waals surface area (Å²) in [6, 6.07) is 13.4. The molecule has 0 aliphatic carbocycles. The maximum atomic E-state index is 13.5. The van der Waals surface area contributed by atoms with E-state index in [2.05, 4.69) is 41.2 Å². The van der Waals surface area contributed by atoms with Crippen LogP contribution in [0.4, 0.5) is 11.6 Å². The number of hydrogen-bond acceptors (Lipinski definition) is 15. The first kappa shape index (κ1) is 46.2. The molecule has 3 aromatic carbocycles. The molecule has 0 saturated heterocycles. The number of rotatable bonds is 19. The first-order valence-corrected chi connectivity index (χ1v) is 20.4. The maximum Gasteiger partial charge on any atom is 0.340 e. The van der Waals surface area contributed by atoms with E-state index < -0.39 is 46.9 Å². The number of unbranched alkanes of at least 4 members (excludes halogenated alkanes) is 2. The minimum absolute atomic E-state index is 0.00195. The van der Waals surface area contributed by atoms with Crippen molar-refractivity contribution in [3.8, 4) is 11.5 Å². The summed E-state index contributed by atoms with van der Waals surface area (Å²) < 4.78 is 5.97. The van der Waals surface area contributed by atoms with E-state index in [1.807, 2.05) is 0 Å². The van der Waals surface area contributed by atoms with Crippen molar-refractivity contribution in [2.45, 2.75) is 64.1 Å². The molecule has 11 N–H and O–H groups in total. The van der Waals surface area contributed by atoms with Crippen molar-refractivity contribution >= 4 is 52.5 Å². The number of aliphatic hydroxyl groups excluding tert-OH is 1. The molecule has 5 aromatic rings. The van der Waals surface area contributed by atoms with Crippen LogP contribution in [0.2, 0.25) is 0 Å². The highest BCUT2D eigenvalue weighted by Gasteiger charge is 2.51. The first-order chi connectivity index (χ1) is 31.1. The highest BCUT2D eigenvalue weighted by molar-refractivity contribution is 6.08. The Morgan fingerprint density at radius 2 is 1.63 bits per heavy atom. The van der Waals surface area contributed by atoms with Crippen molar-refractivity contribution < 1.29 is 49.1 Å². The molecule has 20 nitrogen and oxygen atoms in total. The number of allylic oxidation sites excluding steroid dienone is 3. The summed E-state index contributed by atoms with van der Waals surface area (Å²) in [7, 11) is 0. The van der Waals surface area contributed by atoms with Crippen LogP contribution in [0, 0.1) is 0 Å². The predicted octanol–water partition coefficient (Wildman–Crippen LogP) is 3.82. The van der Waals surface area contributed by atoms with Crippen LogP contribution in [0.25, 0.3) is 11.2 Å². The minimum atomic E-state index is -1.68. The third kappa shape index (κ3) is 10.8. The molecule has 2 atom stereocenters. The van der Waals surface area contributed by atoms with Gasteiger partial charge in [-0.15, -0.1) is 0 Å². The van der Waals surface area contributed by atoms with Gasteiger partial charge >= 0.3 is 11.9 Å². The molecule has 6 rings (SSSR count). The zero-order chi connectivity index (χ0) is 46.8. The molecule has 0 saturated carbocycles. The lowest BCUT2D eigenvalue weighted by molar-refractivity contribution is -0.139. The molecule has 0 spiro atoms. The number of nitrogens with zero attached hydrogens (tertiary/aromatic N) is 3. The van der Waals surface area contributed by atoms with E-state index in [1.54, 1.807) is 31.2 Å². The van der Waals surface area contributed by atoms with E-state index in [1.165, 1.54) is 55.6 Å². The van der Waals surface area contributed by atoms with Gasteiger partial charge in [0, 0.05) is 48.0 Å². The van der Waals surface area contributed by atoms with E-state index in [0.717, 1.165) is 6.07 Å². The van der Waals surface area contributed by atoms with Crippen LogP contribution in [0.5, 0.6) is 11.5 Å². The number of ether oxygens (including phenoxy) is 1. The number of aliphatic hydroxyl groups is 1. The van der Waals surface area contributed by atoms with Gasteiger partial charge in [0.05, 0.1) is 35.3 Å². The number of nitrogens with one attached hydrogen (secondary N) is 5. The van der Waals surface area contributed by atoms with E-state index in [4.69, 9.17) is 10.5 Å². The van der Waals surface area contributed by atoms with Gasteiger partial charge in [-0.05, 0) is 93.6 Å². The Labute approximate surface area is 370 Å². The molecule has 3 heterocycles. The summed E-state index contributed by atoms with van der Waals surface area (Å²) in [5.74, 6) is -4.33. The van der Waals surface area contributed by atoms with E-state index in [-0.39, 0.29) is 89.1 Å². The Morgan fingerprint density at radius 1 is 0.892 bits per heavy atom.